The second kappa shape index (κ2) is 6.00. The number of rotatable bonds is 5. The molecule has 0 aliphatic heterocycles. The number of carbonyl (C=O) groups is 2. The number of ether oxygens (including phenoxy) is 2. The Kier molecular flexibility index (Phi) is 4.83. The first kappa shape index (κ1) is 16.1. The van der Waals surface area contributed by atoms with Gasteiger partial charge in [-0.1, -0.05) is 18.2 Å². The zero-order chi connectivity index (χ0) is 15.4. The molecule has 1 rings (SSSR count). The summed E-state index contributed by atoms with van der Waals surface area (Å²) in [6, 6.07) is 8.13. The molecular formula is C14H18FNO4. The van der Waals surface area contributed by atoms with E-state index in [0.717, 1.165) is 28.1 Å². The van der Waals surface area contributed by atoms with Crippen LogP contribution in [0.2, 0.25) is 0 Å². The van der Waals surface area contributed by atoms with E-state index >= 15 is 0 Å². The van der Waals surface area contributed by atoms with Crippen LogP contribution in [0.4, 0.5) is 4.39 Å². The van der Waals surface area contributed by atoms with E-state index in [1.165, 1.54) is 12.1 Å². The van der Waals surface area contributed by atoms with Crippen molar-refractivity contribution in [1.29, 1.82) is 0 Å². The Morgan fingerprint density at radius 2 is 1.70 bits per heavy atom. The van der Waals surface area contributed by atoms with Crippen LogP contribution in [0.1, 0.15) is 24.2 Å². The van der Waals surface area contributed by atoms with Gasteiger partial charge in [-0.15, -0.1) is 0 Å². The monoisotopic (exact) mass is 283 g/mol. The summed E-state index contributed by atoms with van der Waals surface area (Å²) in [5.41, 5.74) is -4.12. The van der Waals surface area contributed by atoms with E-state index in [1.54, 1.807) is 18.2 Å². The van der Waals surface area contributed by atoms with E-state index in [1.807, 2.05) is 0 Å². The third kappa shape index (κ3) is 2.96. The molecule has 1 N–H and O–H groups in total. The van der Waals surface area contributed by atoms with Gasteiger partial charge in [0.1, 0.15) is 0 Å². The SMILES string of the molecule is COC(=O)C(NC(=O)c1ccccc1)(OC)C(C)(C)F. The Balaban J connectivity index is 3.14. The predicted octanol–water partition coefficient (Wildman–Crippen LogP) is 1.68. The van der Waals surface area contributed by atoms with Crippen molar-refractivity contribution < 1.29 is 23.5 Å². The number of alkyl halides is 1. The molecule has 0 saturated heterocycles. The van der Waals surface area contributed by atoms with Crippen molar-refractivity contribution in [2.45, 2.75) is 25.2 Å². The smallest absolute Gasteiger partial charge is 0.363 e. The Morgan fingerprint density at radius 1 is 1.15 bits per heavy atom. The molecule has 1 atom stereocenters. The third-order valence-corrected chi connectivity index (χ3v) is 2.94. The maximum atomic E-state index is 14.4. The summed E-state index contributed by atoms with van der Waals surface area (Å²) >= 11 is 0. The van der Waals surface area contributed by atoms with Gasteiger partial charge in [-0.05, 0) is 26.0 Å². The standard InChI is InChI=1S/C14H18FNO4/c1-13(2,15)14(20-4,12(18)19-3)16-11(17)10-8-6-5-7-9-10/h5-9H,1-4H3,(H,16,17). The van der Waals surface area contributed by atoms with Gasteiger partial charge in [-0.3, -0.25) is 4.79 Å². The molecule has 1 aromatic carbocycles. The first-order valence-corrected chi connectivity index (χ1v) is 5.98. The number of halogens is 1. The van der Waals surface area contributed by atoms with Gasteiger partial charge < -0.3 is 14.8 Å². The molecule has 1 aromatic rings. The van der Waals surface area contributed by atoms with E-state index in [0.29, 0.717) is 0 Å². The summed E-state index contributed by atoms with van der Waals surface area (Å²) in [5.74, 6) is -1.65. The highest BCUT2D eigenvalue weighted by atomic mass is 19.1. The van der Waals surface area contributed by atoms with Gasteiger partial charge in [-0.25, -0.2) is 9.18 Å². The topological polar surface area (TPSA) is 64.6 Å². The molecule has 0 fully saturated rings. The van der Waals surface area contributed by atoms with Crippen molar-refractivity contribution in [2.75, 3.05) is 14.2 Å². The molecule has 0 heterocycles. The summed E-state index contributed by atoms with van der Waals surface area (Å²) in [6.45, 7) is 2.25. The first-order valence-electron chi connectivity index (χ1n) is 5.98. The van der Waals surface area contributed by atoms with E-state index in [-0.39, 0.29) is 5.56 Å². The van der Waals surface area contributed by atoms with E-state index in [4.69, 9.17) is 4.74 Å². The van der Waals surface area contributed by atoms with Gasteiger partial charge in [0, 0.05) is 12.7 Å². The summed E-state index contributed by atoms with van der Waals surface area (Å²) in [6.07, 6.45) is 0. The zero-order valence-electron chi connectivity index (χ0n) is 11.9. The number of benzene rings is 1. The molecule has 20 heavy (non-hydrogen) atoms. The number of nitrogens with one attached hydrogen (secondary N) is 1. The minimum Gasteiger partial charge on any atom is -0.465 e. The molecular weight excluding hydrogens is 265 g/mol. The summed E-state index contributed by atoms with van der Waals surface area (Å²) in [5, 5.41) is 2.28. The number of amides is 1. The fourth-order valence-electron chi connectivity index (χ4n) is 1.78. The molecule has 5 nitrogen and oxygen atoms in total. The molecule has 1 unspecified atom stereocenters. The molecule has 0 saturated carbocycles. The molecule has 0 bridgehead atoms. The highest BCUT2D eigenvalue weighted by molar-refractivity contribution is 5.98. The molecule has 0 aliphatic carbocycles. The van der Waals surface area contributed by atoms with Crippen LogP contribution in [-0.2, 0) is 14.3 Å². The van der Waals surface area contributed by atoms with Crippen molar-refractivity contribution in [3.8, 4) is 0 Å². The quantitative estimate of drug-likeness (QED) is 0.659. The average molecular weight is 283 g/mol. The number of methoxy groups -OCH3 is 2. The van der Waals surface area contributed by atoms with E-state index < -0.39 is 23.3 Å². The molecule has 110 valence electrons. The van der Waals surface area contributed by atoms with Gasteiger partial charge in [0.05, 0.1) is 7.11 Å². The fourth-order valence-corrected chi connectivity index (χ4v) is 1.78. The Labute approximate surface area is 117 Å². The molecule has 0 radical (unpaired) electrons. The van der Waals surface area contributed by atoms with Crippen LogP contribution in [0.15, 0.2) is 30.3 Å². The lowest BCUT2D eigenvalue weighted by atomic mass is 9.95. The average Bonchev–Trinajstić information content (AvgIpc) is 2.43. The van der Waals surface area contributed by atoms with Crippen LogP contribution in [-0.4, -0.2) is 37.5 Å². The second-order valence-electron chi connectivity index (χ2n) is 4.67. The van der Waals surface area contributed by atoms with E-state index in [2.05, 4.69) is 10.1 Å². The van der Waals surface area contributed by atoms with Crippen LogP contribution >= 0.6 is 0 Å². The Hall–Kier alpha value is -1.95. The zero-order valence-corrected chi connectivity index (χ0v) is 11.9. The first-order chi connectivity index (χ1) is 9.28. The summed E-state index contributed by atoms with van der Waals surface area (Å²) in [7, 11) is 2.22. The van der Waals surface area contributed by atoms with Crippen molar-refractivity contribution in [3.05, 3.63) is 35.9 Å². The Morgan fingerprint density at radius 3 is 2.10 bits per heavy atom. The van der Waals surface area contributed by atoms with Crippen LogP contribution in [0.5, 0.6) is 0 Å². The van der Waals surface area contributed by atoms with Gasteiger partial charge in [0.25, 0.3) is 11.6 Å². The molecule has 0 spiro atoms. The highest BCUT2D eigenvalue weighted by Gasteiger charge is 2.55. The fraction of sp³-hybridized carbons (Fsp3) is 0.429. The summed E-state index contributed by atoms with van der Waals surface area (Å²) < 4.78 is 23.9. The van der Waals surface area contributed by atoms with Crippen LogP contribution in [0, 0.1) is 0 Å². The van der Waals surface area contributed by atoms with Crippen LogP contribution in [0.25, 0.3) is 0 Å². The van der Waals surface area contributed by atoms with Crippen LogP contribution < -0.4 is 5.32 Å². The van der Waals surface area contributed by atoms with Gasteiger partial charge in [0.15, 0.2) is 5.67 Å². The van der Waals surface area contributed by atoms with Crippen molar-refractivity contribution in [3.63, 3.8) is 0 Å². The maximum absolute atomic E-state index is 14.4. The van der Waals surface area contributed by atoms with Gasteiger partial charge in [-0.2, -0.15) is 0 Å². The number of hydrogen-bond donors (Lipinski definition) is 1. The molecule has 1 amide bonds. The maximum Gasteiger partial charge on any atom is 0.363 e. The van der Waals surface area contributed by atoms with Crippen LogP contribution in [0.3, 0.4) is 0 Å². The van der Waals surface area contributed by atoms with Crippen molar-refractivity contribution in [1.82, 2.24) is 5.32 Å². The Bertz CT molecular complexity index is 484. The number of esters is 1. The highest BCUT2D eigenvalue weighted by Crippen LogP contribution is 2.28. The van der Waals surface area contributed by atoms with Gasteiger partial charge >= 0.3 is 5.97 Å². The minimum atomic E-state index is -2.21. The molecule has 6 heteroatoms. The largest absolute Gasteiger partial charge is 0.465 e. The van der Waals surface area contributed by atoms with E-state index in [9.17, 15) is 14.0 Å². The number of carbonyl (C=O) groups excluding carboxylic acids is 2. The summed E-state index contributed by atoms with van der Waals surface area (Å²) in [4.78, 5) is 24.0. The van der Waals surface area contributed by atoms with Gasteiger partial charge in [0.2, 0.25) is 0 Å². The lowest BCUT2D eigenvalue weighted by Gasteiger charge is -2.37. The molecule has 0 aliphatic rings. The lowest BCUT2D eigenvalue weighted by molar-refractivity contribution is -0.190. The van der Waals surface area contributed by atoms with Crippen molar-refractivity contribution >= 4 is 11.9 Å². The lowest BCUT2D eigenvalue weighted by Crippen LogP contribution is -2.66. The minimum absolute atomic E-state index is 0.280. The normalized spacial score (nSPS) is 14.2. The molecule has 0 aromatic heterocycles. The number of hydrogen-bond acceptors (Lipinski definition) is 4. The predicted molar refractivity (Wildman–Crippen MR) is 70.9 cm³/mol. The van der Waals surface area contributed by atoms with Crippen molar-refractivity contribution in [2.24, 2.45) is 0 Å². The third-order valence-electron chi connectivity index (χ3n) is 2.94. The second-order valence-corrected chi connectivity index (χ2v) is 4.67.